The van der Waals surface area contributed by atoms with E-state index in [2.05, 4.69) is 38.1 Å². The average Bonchev–Trinajstić information content (AvgIpc) is 3.50. The van der Waals surface area contributed by atoms with E-state index < -0.39 is 9.84 Å². The lowest BCUT2D eigenvalue weighted by molar-refractivity contribution is -0.132. The third-order valence-electron chi connectivity index (χ3n) is 5.06. The van der Waals surface area contributed by atoms with Gasteiger partial charge in [0.05, 0.1) is 10.6 Å². The Morgan fingerprint density at radius 3 is 2.21 bits per heavy atom. The number of hydrogen-bond donors (Lipinski definition) is 0. The summed E-state index contributed by atoms with van der Waals surface area (Å²) in [4.78, 5) is 14.8. The summed E-state index contributed by atoms with van der Waals surface area (Å²) < 4.78 is 25.0. The van der Waals surface area contributed by atoms with Crippen LogP contribution < -0.4 is 0 Å². The number of carbonyl (C=O) groups excluding carboxylic acids is 1. The first-order chi connectivity index (χ1) is 13.3. The summed E-state index contributed by atoms with van der Waals surface area (Å²) in [6.07, 6.45) is 1.96. The fourth-order valence-corrected chi connectivity index (χ4v) is 4.49. The fourth-order valence-electron chi connectivity index (χ4n) is 3.14. The minimum atomic E-state index is -3.51. The highest BCUT2D eigenvalue weighted by atomic mass is 35.5. The zero-order chi connectivity index (χ0) is 20.3. The Balaban J connectivity index is 1.64. The van der Waals surface area contributed by atoms with Crippen molar-refractivity contribution in [1.82, 2.24) is 4.90 Å². The van der Waals surface area contributed by atoms with Crippen LogP contribution in [0.3, 0.4) is 0 Å². The lowest BCUT2D eigenvalue weighted by Crippen LogP contribution is -2.33. The van der Waals surface area contributed by atoms with Crippen LogP contribution in [-0.4, -0.2) is 31.0 Å². The third kappa shape index (κ3) is 5.36. The molecule has 0 bridgehead atoms. The molecular formula is C22H26ClNO3S. The van der Waals surface area contributed by atoms with Crippen molar-refractivity contribution in [3.8, 4) is 0 Å². The molecule has 1 saturated carbocycles. The number of halogens is 1. The van der Waals surface area contributed by atoms with Gasteiger partial charge in [-0.1, -0.05) is 49.7 Å². The van der Waals surface area contributed by atoms with E-state index in [0.717, 1.165) is 18.4 Å². The monoisotopic (exact) mass is 419 g/mol. The summed E-state index contributed by atoms with van der Waals surface area (Å²) in [6, 6.07) is 14.6. The van der Waals surface area contributed by atoms with E-state index in [9.17, 15) is 13.2 Å². The van der Waals surface area contributed by atoms with Crippen LogP contribution in [0.25, 0.3) is 0 Å². The molecule has 3 rings (SSSR count). The van der Waals surface area contributed by atoms with Crippen molar-refractivity contribution in [1.29, 1.82) is 0 Å². The lowest BCUT2D eigenvalue weighted by Gasteiger charge is -2.23. The van der Waals surface area contributed by atoms with Gasteiger partial charge in [0.25, 0.3) is 0 Å². The van der Waals surface area contributed by atoms with Crippen LogP contribution in [0.5, 0.6) is 0 Å². The van der Waals surface area contributed by atoms with E-state index in [1.54, 1.807) is 12.1 Å². The summed E-state index contributed by atoms with van der Waals surface area (Å²) in [6.45, 7) is 4.83. The largest absolute Gasteiger partial charge is 0.335 e. The number of carbonyl (C=O) groups is 1. The van der Waals surface area contributed by atoms with Crippen LogP contribution in [0, 0.1) is 0 Å². The third-order valence-corrected chi connectivity index (χ3v) is 7.05. The Bertz CT molecular complexity index is 917. The Hall–Kier alpha value is -1.85. The van der Waals surface area contributed by atoms with Gasteiger partial charge in [0.15, 0.2) is 9.84 Å². The molecule has 2 aromatic rings. The number of sulfone groups is 1. The van der Waals surface area contributed by atoms with Crippen LogP contribution in [0.2, 0.25) is 5.02 Å². The van der Waals surface area contributed by atoms with Gasteiger partial charge in [-0.15, -0.1) is 0 Å². The highest BCUT2D eigenvalue weighted by Crippen LogP contribution is 2.29. The highest BCUT2D eigenvalue weighted by molar-refractivity contribution is 7.91. The minimum Gasteiger partial charge on any atom is -0.335 e. The molecule has 0 aliphatic heterocycles. The predicted octanol–water partition coefficient (Wildman–Crippen LogP) is 4.82. The standard InChI is InChI=1S/C22H26ClNO3S/c1-16(2)18-5-3-17(4-6-18)15-24(20-9-10-20)22(25)13-14-28(26,27)21-11-7-19(23)8-12-21/h3-8,11-12,16,20H,9-10,13-15H2,1-2H3. The number of benzene rings is 2. The lowest BCUT2D eigenvalue weighted by atomic mass is 10.0. The molecular weight excluding hydrogens is 394 g/mol. The minimum absolute atomic E-state index is 0.00840. The Morgan fingerprint density at radius 2 is 1.68 bits per heavy atom. The first-order valence-electron chi connectivity index (χ1n) is 9.63. The maximum atomic E-state index is 12.8. The van der Waals surface area contributed by atoms with Crippen molar-refractivity contribution in [2.75, 3.05) is 5.75 Å². The zero-order valence-electron chi connectivity index (χ0n) is 16.3. The van der Waals surface area contributed by atoms with Crippen LogP contribution in [0.1, 0.15) is 50.2 Å². The van der Waals surface area contributed by atoms with Gasteiger partial charge in [-0.05, 0) is 54.2 Å². The summed E-state index contributed by atoms with van der Waals surface area (Å²) in [7, 11) is -3.51. The van der Waals surface area contributed by atoms with E-state index in [1.165, 1.54) is 17.7 Å². The van der Waals surface area contributed by atoms with Gasteiger partial charge in [0, 0.05) is 24.0 Å². The van der Waals surface area contributed by atoms with E-state index in [1.807, 2.05) is 4.90 Å². The zero-order valence-corrected chi connectivity index (χ0v) is 17.8. The molecule has 2 aromatic carbocycles. The molecule has 1 fully saturated rings. The van der Waals surface area contributed by atoms with Crippen molar-refractivity contribution in [2.45, 2.75) is 56.5 Å². The van der Waals surface area contributed by atoms with E-state index in [0.29, 0.717) is 17.5 Å². The summed E-state index contributed by atoms with van der Waals surface area (Å²) in [5.74, 6) is 0.171. The Morgan fingerprint density at radius 1 is 1.07 bits per heavy atom. The smallest absolute Gasteiger partial charge is 0.224 e. The molecule has 1 aliphatic rings. The molecule has 1 aliphatic carbocycles. The first-order valence-corrected chi connectivity index (χ1v) is 11.7. The normalized spacial score (nSPS) is 14.3. The van der Waals surface area contributed by atoms with E-state index in [-0.39, 0.29) is 29.0 Å². The van der Waals surface area contributed by atoms with Crippen LogP contribution >= 0.6 is 11.6 Å². The Labute approximate surface area is 172 Å². The van der Waals surface area contributed by atoms with Crippen LogP contribution in [0.4, 0.5) is 0 Å². The van der Waals surface area contributed by atoms with Gasteiger partial charge in [-0.3, -0.25) is 4.79 Å². The topological polar surface area (TPSA) is 54.5 Å². The Kier molecular flexibility index (Phi) is 6.46. The molecule has 4 nitrogen and oxygen atoms in total. The molecule has 28 heavy (non-hydrogen) atoms. The van der Waals surface area contributed by atoms with E-state index in [4.69, 9.17) is 11.6 Å². The summed E-state index contributed by atoms with van der Waals surface area (Å²) in [5, 5.41) is 0.485. The highest BCUT2D eigenvalue weighted by Gasteiger charge is 2.33. The van der Waals surface area contributed by atoms with Gasteiger partial charge < -0.3 is 4.90 Å². The molecule has 0 unspecified atom stereocenters. The SMILES string of the molecule is CC(C)c1ccc(CN(C(=O)CCS(=O)(=O)c2ccc(Cl)cc2)C2CC2)cc1. The van der Waals surface area contributed by atoms with Crippen LogP contribution in [0.15, 0.2) is 53.4 Å². The van der Waals surface area contributed by atoms with Crippen molar-refractivity contribution in [3.05, 3.63) is 64.7 Å². The average molecular weight is 420 g/mol. The molecule has 0 N–H and O–H groups in total. The second kappa shape index (κ2) is 8.66. The predicted molar refractivity (Wildman–Crippen MR) is 112 cm³/mol. The maximum Gasteiger partial charge on any atom is 0.224 e. The second-order valence-corrected chi connectivity index (χ2v) is 10.2. The van der Waals surface area contributed by atoms with Crippen molar-refractivity contribution < 1.29 is 13.2 Å². The van der Waals surface area contributed by atoms with Gasteiger partial charge in [0.2, 0.25) is 5.91 Å². The molecule has 1 amide bonds. The van der Waals surface area contributed by atoms with Crippen molar-refractivity contribution in [2.24, 2.45) is 0 Å². The molecule has 0 radical (unpaired) electrons. The van der Waals surface area contributed by atoms with Crippen molar-refractivity contribution >= 4 is 27.3 Å². The number of amides is 1. The first kappa shape index (κ1) is 20.9. The second-order valence-electron chi connectivity index (χ2n) is 7.67. The summed E-state index contributed by atoms with van der Waals surface area (Å²) >= 11 is 5.82. The summed E-state index contributed by atoms with van der Waals surface area (Å²) in [5.41, 5.74) is 2.34. The van der Waals surface area contributed by atoms with Crippen LogP contribution in [-0.2, 0) is 21.2 Å². The number of rotatable bonds is 8. The van der Waals surface area contributed by atoms with Crippen molar-refractivity contribution in [3.63, 3.8) is 0 Å². The molecule has 150 valence electrons. The molecule has 0 aromatic heterocycles. The molecule has 6 heteroatoms. The molecule has 0 atom stereocenters. The van der Waals surface area contributed by atoms with Gasteiger partial charge >= 0.3 is 0 Å². The van der Waals surface area contributed by atoms with Gasteiger partial charge in [-0.2, -0.15) is 0 Å². The molecule has 0 spiro atoms. The molecule has 0 heterocycles. The fraction of sp³-hybridized carbons (Fsp3) is 0.409. The van der Waals surface area contributed by atoms with Gasteiger partial charge in [-0.25, -0.2) is 8.42 Å². The maximum absolute atomic E-state index is 12.8. The quantitative estimate of drug-likeness (QED) is 0.616. The molecule has 0 saturated heterocycles. The van der Waals surface area contributed by atoms with E-state index >= 15 is 0 Å². The number of nitrogens with zero attached hydrogens (tertiary/aromatic N) is 1. The number of hydrogen-bond acceptors (Lipinski definition) is 3. The van der Waals surface area contributed by atoms with Gasteiger partial charge in [0.1, 0.15) is 0 Å².